The van der Waals surface area contributed by atoms with Crippen LogP contribution in [0.5, 0.6) is 11.5 Å². The number of hydrogen-bond acceptors (Lipinski definition) is 9. The number of nitrogens with one attached hydrogen (secondary N) is 2. The maximum absolute atomic E-state index is 14.2. The van der Waals surface area contributed by atoms with Gasteiger partial charge in [0.05, 0.1) is 41.1 Å². The van der Waals surface area contributed by atoms with E-state index in [0.717, 1.165) is 35.9 Å². The molecular weight excluding hydrogens is 671 g/mol. The number of rotatable bonds is 7. The van der Waals surface area contributed by atoms with Crippen LogP contribution in [-0.4, -0.2) is 78.6 Å². The summed E-state index contributed by atoms with van der Waals surface area (Å²) in [5.41, 5.74) is 2.27. The average Bonchev–Trinajstić information content (AvgIpc) is 4.03. The molecular formula is C38H45N5O7S. The Hall–Kier alpha value is -4.52. The fourth-order valence-electron chi connectivity index (χ4n) is 7.59. The Kier molecular flexibility index (Phi) is 9.28. The van der Waals surface area contributed by atoms with E-state index in [2.05, 4.69) is 15.0 Å². The van der Waals surface area contributed by atoms with Crippen molar-refractivity contribution >= 4 is 38.6 Å². The molecule has 12 nitrogen and oxygen atoms in total. The molecule has 0 spiro atoms. The summed E-state index contributed by atoms with van der Waals surface area (Å²) in [6.45, 7) is 4.41. The number of fused-ring (bicyclic) bond motifs is 3. The van der Waals surface area contributed by atoms with Crippen molar-refractivity contribution in [3.05, 3.63) is 59.8 Å². The molecule has 0 bridgehead atoms. The van der Waals surface area contributed by atoms with E-state index in [4.69, 9.17) is 14.5 Å². The van der Waals surface area contributed by atoms with Crippen molar-refractivity contribution in [2.75, 3.05) is 20.7 Å². The van der Waals surface area contributed by atoms with Gasteiger partial charge in [0.1, 0.15) is 23.1 Å². The van der Waals surface area contributed by atoms with Gasteiger partial charge in [0.15, 0.2) is 0 Å². The Balaban J connectivity index is 1.21. The van der Waals surface area contributed by atoms with Gasteiger partial charge < -0.3 is 19.7 Å². The zero-order valence-corrected chi connectivity index (χ0v) is 30.3. The van der Waals surface area contributed by atoms with E-state index in [9.17, 15) is 22.8 Å². The SMILES string of the molecule is COc1ccc2c(OC3CC4C(=O)NC5(C(=O)NS(=O)(=O)C6CC6)CC5/C=C\CCCCN(C)C(=O)C4C3)cc(-c3cccc(C)n3)nc2c1C. The molecule has 5 unspecified atom stereocenters. The van der Waals surface area contributed by atoms with Crippen molar-refractivity contribution in [3.8, 4) is 22.9 Å². The Morgan fingerprint density at radius 2 is 1.80 bits per heavy atom. The van der Waals surface area contributed by atoms with Crippen LogP contribution in [0, 0.1) is 31.6 Å². The highest BCUT2D eigenvalue weighted by atomic mass is 32.2. The van der Waals surface area contributed by atoms with Crippen LogP contribution >= 0.6 is 0 Å². The lowest BCUT2D eigenvalue weighted by Crippen LogP contribution is -2.54. The highest BCUT2D eigenvalue weighted by Crippen LogP contribution is 2.47. The number of benzene rings is 1. The highest BCUT2D eigenvalue weighted by molar-refractivity contribution is 7.91. The van der Waals surface area contributed by atoms with E-state index in [-0.39, 0.29) is 31.1 Å². The fraction of sp³-hybridized carbons (Fsp3) is 0.500. The van der Waals surface area contributed by atoms with Crippen LogP contribution in [0.15, 0.2) is 48.6 Å². The Labute approximate surface area is 298 Å². The summed E-state index contributed by atoms with van der Waals surface area (Å²) in [6.07, 6.45) is 7.58. The summed E-state index contributed by atoms with van der Waals surface area (Å²) in [5, 5.41) is 3.13. The van der Waals surface area contributed by atoms with Crippen molar-refractivity contribution in [1.82, 2.24) is 24.9 Å². The van der Waals surface area contributed by atoms with Gasteiger partial charge in [-0.2, -0.15) is 0 Å². The molecule has 3 saturated carbocycles. The van der Waals surface area contributed by atoms with E-state index >= 15 is 0 Å². The number of carbonyl (C=O) groups is 3. The Morgan fingerprint density at radius 1 is 1.02 bits per heavy atom. The molecule has 0 radical (unpaired) electrons. The Morgan fingerprint density at radius 3 is 2.55 bits per heavy atom. The van der Waals surface area contributed by atoms with Gasteiger partial charge in [0.25, 0.3) is 5.91 Å². The second-order valence-electron chi connectivity index (χ2n) is 14.5. The molecule has 5 atom stereocenters. The standard InChI is InChI=1S/C38H45N5O7S/c1-22-10-9-12-30(39-22)31-20-33(27-15-16-32(49-4)23(2)34(27)40-31)50-25-18-28-29(19-25)36(45)43(3)17-8-6-5-7-11-24-21-38(24,41-35(28)44)37(46)42-51(47,48)26-13-14-26/h7,9-12,15-16,20,24-26,28-29H,5-6,8,13-14,17-19,21H2,1-4H3,(H,41,44)(H,42,46)/b11-7-. The molecule has 270 valence electrons. The molecule has 0 saturated heterocycles. The van der Waals surface area contributed by atoms with E-state index in [1.165, 1.54) is 0 Å². The van der Waals surface area contributed by atoms with E-state index < -0.39 is 50.6 Å². The smallest absolute Gasteiger partial charge is 0.259 e. The molecule has 2 N–H and O–H groups in total. The summed E-state index contributed by atoms with van der Waals surface area (Å²) in [5.74, 6) is -1.93. The number of sulfonamides is 1. The monoisotopic (exact) mass is 715 g/mol. The van der Waals surface area contributed by atoms with Gasteiger partial charge in [-0.1, -0.05) is 18.2 Å². The number of hydrogen-bond donors (Lipinski definition) is 2. The molecule has 4 aliphatic rings. The highest BCUT2D eigenvalue weighted by Gasteiger charge is 2.62. The lowest BCUT2D eigenvalue weighted by molar-refractivity contribution is -0.140. The molecule has 3 fully saturated rings. The quantitative estimate of drug-likeness (QED) is 0.339. The van der Waals surface area contributed by atoms with E-state index in [1.807, 2.05) is 62.4 Å². The number of ether oxygens (including phenoxy) is 2. The van der Waals surface area contributed by atoms with Gasteiger partial charge in [-0.15, -0.1) is 0 Å². The lowest BCUT2D eigenvalue weighted by atomic mass is 9.93. The first-order chi connectivity index (χ1) is 24.4. The molecule has 2 aromatic heterocycles. The third-order valence-electron chi connectivity index (χ3n) is 10.8. The van der Waals surface area contributed by atoms with Crippen LogP contribution in [0.4, 0.5) is 0 Å². The summed E-state index contributed by atoms with van der Waals surface area (Å²) in [6, 6.07) is 11.3. The first-order valence-corrected chi connectivity index (χ1v) is 19.3. The first kappa shape index (κ1) is 34.9. The van der Waals surface area contributed by atoms with Gasteiger partial charge in [0, 0.05) is 42.2 Å². The van der Waals surface area contributed by atoms with Crippen molar-refractivity contribution in [2.45, 2.75) is 82.1 Å². The molecule has 3 heterocycles. The predicted molar refractivity (Wildman–Crippen MR) is 191 cm³/mol. The number of allylic oxidation sites excluding steroid dienone is 1. The second-order valence-corrected chi connectivity index (χ2v) is 16.5. The lowest BCUT2D eigenvalue weighted by Gasteiger charge is -2.26. The zero-order chi connectivity index (χ0) is 36.1. The predicted octanol–water partition coefficient (Wildman–Crippen LogP) is 4.38. The van der Waals surface area contributed by atoms with Gasteiger partial charge in [-0.25, -0.2) is 13.4 Å². The van der Waals surface area contributed by atoms with Gasteiger partial charge in [-0.3, -0.25) is 24.1 Å². The minimum Gasteiger partial charge on any atom is -0.496 e. The molecule has 51 heavy (non-hydrogen) atoms. The van der Waals surface area contributed by atoms with Crippen LogP contribution in [0.3, 0.4) is 0 Å². The number of aryl methyl sites for hydroxylation is 2. The van der Waals surface area contributed by atoms with Crippen LogP contribution < -0.4 is 19.5 Å². The van der Waals surface area contributed by atoms with Gasteiger partial charge in [-0.05, 0) is 89.5 Å². The minimum atomic E-state index is -3.83. The third kappa shape index (κ3) is 6.92. The van der Waals surface area contributed by atoms with Crippen molar-refractivity contribution < 1.29 is 32.3 Å². The molecule has 3 amide bonds. The minimum absolute atomic E-state index is 0.152. The third-order valence-corrected chi connectivity index (χ3v) is 12.6. The summed E-state index contributed by atoms with van der Waals surface area (Å²) < 4.78 is 40.1. The van der Waals surface area contributed by atoms with E-state index in [1.54, 1.807) is 19.1 Å². The topological polar surface area (TPSA) is 157 Å². The largest absolute Gasteiger partial charge is 0.496 e. The summed E-state index contributed by atoms with van der Waals surface area (Å²) in [4.78, 5) is 53.2. The number of carbonyl (C=O) groups excluding carboxylic acids is 3. The number of aromatic nitrogens is 2. The van der Waals surface area contributed by atoms with Crippen molar-refractivity contribution in [2.24, 2.45) is 17.8 Å². The molecule has 3 aromatic rings. The van der Waals surface area contributed by atoms with Crippen molar-refractivity contribution in [3.63, 3.8) is 0 Å². The number of pyridine rings is 2. The molecule has 1 aromatic carbocycles. The maximum atomic E-state index is 14.2. The first-order valence-electron chi connectivity index (χ1n) is 17.8. The normalized spacial score (nSPS) is 27.5. The van der Waals surface area contributed by atoms with Crippen LogP contribution in [0.1, 0.15) is 62.6 Å². The Bertz CT molecular complexity index is 2030. The van der Waals surface area contributed by atoms with Gasteiger partial charge >= 0.3 is 0 Å². The average molecular weight is 716 g/mol. The summed E-state index contributed by atoms with van der Waals surface area (Å²) in [7, 11) is -0.457. The van der Waals surface area contributed by atoms with Crippen LogP contribution in [0.2, 0.25) is 0 Å². The van der Waals surface area contributed by atoms with Gasteiger partial charge in [0.2, 0.25) is 21.8 Å². The molecule has 7 rings (SSSR count). The number of nitrogens with zero attached hydrogens (tertiary/aromatic N) is 3. The second kappa shape index (κ2) is 13.6. The number of methoxy groups -OCH3 is 1. The van der Waals surface area contributed by atoms with Crippen LogP contribution in [0.25, 0.3) is 22.3 Å². The van der Waals surface area contributed by atoms with Crippen molar-refractivity contribution in [1.29, 1.82) is 0 Å². The molecule has 1 aliphatic heterocycles. The zero-order valence-electron chi connectivity index (χ0n) is 29.5. The molecule has 13 heteroatoms. The van der Waals surface area contributed by atoms with E-state index in [0.29, 0.717) is 47.8 Å². The molecule has 3 aliphatic carbocycles. The maximum Gasteiger partial charge on any atom is 0.259 e. The fourth-order valence-corrected chi connectivity index (χ4v) is 8.95. The summed E-state index contributed by atoms with van der Waals surface area (Å²) >= 11 is 0. The van der Waals surface area contributed by atoms with Crippen LogP contribution in [-0.2, 0) is 24.4 Å². The number of amides is 3.